The third kappa shape index (κ3) is 1.90. The highest BCUT2D eigenvalue weighted by Crippen LogP contribution is 2.66. The van der Waals surface area contributed by atoms with E-state index in [2.05, 4.69) is 49.8 Å². The van der Waals surface area contributed by atoms with Crippen LogP contribution in [0.15, 0.2) is 29.2 Å². The number of benzene rings is 1. The molecule has 14 heavy (non-hydrogen) atoms. The zero-order valence-electron chi connectivity index (χ0n) is 8.60. The van der Waals surface area contributed by atoms with Gasteiger partial charge < -0.3 is 9.19 Å². The van der Waals surface area contributed by atoms with Gasteiger partial charge in [0.05, 0.1) is 11.8 Å². The lowest BCUT2D eigenvalue weighted by Crippen LogP contribution is -2.08. The Labute approximate surface area is 90.3 Å². The first-order valence-electron chi connectivity index (χ1n) is 4.66. The molecule has 0 amide bonds. The largest absolute Gasteiger partial charge is 0.328 e. The number of anilines is 1. The summed E-state index contributed by atoms with van der Waals surface area (Å²) in [6, 6.07) is 8.45. The van der Waals surface area contributed by atoms with Crippen molar-refractivity contribution in [3.63, 3.8) is 0 Å². The topological polar surface area (TPSA) is 12.5 Å². The second-order valence-corrected chi connectivity index (χ2v) is 6.87. The lowest BCUT2D eigenvalue weighted by Gasteiger charge is -2.21. The van der Waals surface area contributed by atoms with E-state index in [4.69, 9.17) is 4.52 Å². The minimum atomic E-state index is -0.523. The molecule has 2 rings (SSSR count). The molecule has 1 aromatic carbocycles. The predicted molar refractivity (Wildman–Crippen MR) is 63.8 cm³/mol. The first-order chi connectivity index (χ1) is 6.68. The molecule has 1 atom stereocenters. The maximum absolute atomic E-state index is 5.86. The number of nitrogens with zero attached hydrogens (tertiary/aromatic N) is 1. The molecule has 1 unspecified atom stereocenters. The Morgan fingerprint density at radius 1 is 1.36 bits per heavy atom. The van der Waals surface area contributed by atoms with E-state index >= 15 is 0 Å². The van der Waals surface area contributed by atoms with Crippen LogP contribution < -0.4 is 4.67 Å². The van der Waals surface area contributed by atoms with Crippen molar-refractivity contribution < 1.29 is 4.52 Å². The maximum atomic E-state index is 5.86. The van der Waals surface area contributed by atoms with E-state index in [0.29, 0.717) is 6.10 Å². The van der Waals surface area contributed by atoms with Crippen LogP contribution in [0.3, 0.4) is 0 Å². The maximum Gasteiger partial charge on any atom is 0.203 e. The predicted octanol–water partition coefficient (Wildman–Crippen LogP) is 3.88. The summed E-state index contributed by atoms with van der Waals surface area (Å²) in [6.07, 6.45) is 0.297. The molecule has 0 radical (unpaired) electrons. The Morgan fingerprint density at radius 3 is 2.71 bits per heavy atom. The number of hydrogen-bond donors (Lipinski definition) is 0. The molecular formula is C10H14NOPS. The third-order valence-electron chi connectivity index (χ3n) is 1.94. The van der Waals surface area contributed by atoms with E-state index in [1.54, 1.807) is 0 Å². The number of para-hydroxylation sites is 1. The van der Waals surface area contributed by atoms with E-state index in [9.17, 15) is 0 Å². The van der Waals surface area contributed by atoms with Crippen LogP contribution in [0.2, 0.25) is 0 Å². The Bertz CT molecular complexity index is 332. The first kappa shape index (κ1) is 10.3. The molecule has 1 aliphatic heterocycles. The standard InChI is InChI=1S/C10H14NOPS/c1-8(2)12-13-11(3)9-6-4-5-7-10(9)14-13/h4-8H,1-3H3. The third-order valence-corrected chi connectivity index (χ3v) is 5.99. The summed E-state index contributed by atoms with van der Waals surface area (Å²) >= 11 is 1.84. The van der Waals surface area contributed by atoms with E-state index < -0.39 is 7.50 Å². The molecule has 4 heteroatoms. The number of rotatable bonds is 2. The summed E-state index contributed by atoms with van der Waals surface area (Å²) in [4.78, 5) is 1.33. The van der Waals surface area contributed by atoms with Crippen molar-refractivity contribution in [3.8, 4) is 0 Å². The molecule has 2 nitrogen and oxygen atoms in total. The fourth-order valence-electron chi connectivity index (χ4n) is 1.31. The van der Waals surface area contributed by atoms with Crippen LogP contribution in [0, 0.1) is 0 Å². The van der Waals surface area contributed by atoms with Gasteiger partial charge in [-0.3, -0.25) is 0 Å². The molecular weight excluding hydrogens is 213 g/mol. The van der Waals surface area contributed by atoms with Gasteiger partial charge in [-0.25, -0.2) is 0 Å². The molecule has 0 fully saturated rings. The number of fused-ring (bicyclic) bond motifs is 1. The minimum Gasteiger partial charge on any atom is -0.328 e. The summed E-state index contributed by atoms with van der Waals surface area (Å²) in [5.74, 6) is 0. The molecule has 0 aromatic heterocycles. The Hall–Kier alpha value is -0.240. The zero-order valence-corrected chi connectivity index (χ0v) is 10.3. The SMILES string of the molecule is CC(C)OP1Sc2ccccc2N1C. The monoisotopic (exact) mass is 227 g/mol. The summed E-state index contributed by atoms with van der Waals surface area (Å²) in [5, 5.41) is 0. The van der Waals surface area contributed by atoms with Crippen LogP contribution in [0.1, 0.15) is 13.8 Å². The van der Waals surface area contributed by atoms with Gasteiger partial charge in [-0.15, -0.1) is 0 Å². The fraction of sp³-hybridized carbons (Fsp3) is 0.400. The van der Waals surface area contributed by atoms with Gasteiger partial charge in [0.15, 0.2) is 0 Å². The van der Waals surface area contributed by atoms with Crippen LogP contribution in [0.25, 0.3) is 0 Å². The van der Waals surface area contributed by atoms with Crippen LogP contribution in [-0.2, 0) is 4.52 Å². The molecule has 0 bridgehead atoms. The molecule has 1 heterocycles. The van der Waals surface area contributed by atoms with E-state index in [-0.39, 0.29) is 0 Å². The molecule has 76 valence electrons. The van der Waals surface area contributed by atoms with Gasteiger partial charge in [0.2, 0.25) is 7.50 Å². The van der Waals surface area contributed by atoms with Crippen molar-refractivity contribution >= 4 is 24.6 Å². The Morgan fingerprint density at radius 2 is 2.07 bits per heavy atom. The molecule has 0 saturated carbocycles. The molecule has 0 aliphatic carbocycles. The average molecular weight is 227 g/mol. The van der Waals surface area contributed by atoms with Crippen LogP contribution in [-0.4, -0.2) is 13.2 Å². The van der Waals surface area contributed by atoms with E-state index in [1.165, 1.54) is 10.6 Å². The van der Waals surface area contributed by atoms with Crippen molar-refractivity contribution in [2.45, 2.75) is 24.8 Å². The minimum absolute atomic E-state index is 0.297. The normalized spacial score (nSPS) is 20.3. The Balaban J connectivity index is 2.17. The van der Waals surface area contributed by atoms with E-state index in [0.717, 1.165) is 0 Å². The summed E-state index contributed by atoms with van der Waals surface area (Å²) < 4.78 is 8.10. The smallest absolute Gasteiger partial charge is 0.203 e. The summed E-state index contributed by atoms with van der Waals surface area (Å²) in [7, 11) is 1.58. The highest BCUT2D eigenvalue weighted by atomic mass is 32.7. The van der Waals surface area contributed by atoms with Crippen molar-refractivity contribution in [1.82, 2.24) is 0 Å². The van der Waals surface area contributed by atoms with Crippen LogP contribution in [0.5, 0.6) is 0 Å². The molecule has 0 spiro atoms. The first-order valence-corrected chi connectivity index (χ1v) is 7.29. The lowest BCUT2D eigenvalue weighted by atomic mass is 10.3. The van der Waals surface area contributed by atoms with Gasteiger partial charge in [0.1, 0.15) is 0 Å². The van der Waals surface area contributed by atoms with Gasteiger partial charge in [-0.2, -0.15) is 0 Å². The van der Waals surface area contributed by atoms with Gasteiger partial charge in [-0.05, 0) is 37.4 Å². The second kappa shape index (κ2) is 4.09. The molecule has 1 aliphatic rings. The van der Waals surface area contributed by atoms with Crippen molar-refractivity contribution in [3.05, 3.63) is 24.3 Å². The van der Waals surface area contributed by atoms with E-state index in [1.807, 2.05) is 11.4 Å². The van der Waals surface area contributed by atoms with Gasteiger partial charge in [0, 0.05) is 11.9 Å². The highest BCUT2D eigenvalue weighted by Gasteiger charge is 2.29. The highest BCUT2D eigenvalue weighted by molar-refractivity contribution is 8.55. The fourth-order valence-corrected chi connectivity index (χ4v) is 5.24. The van der Waals surface area contributed by atoms with Gasteiger partial charge in [-0.1, -0.05) is 12.1 Å². The summed E-state index contributed by atoms with van der Waals surface area (Å²) in [5.41, 5.74) is 1.30. The second-order valence-electron chi connectivity index (χ2n) is 3.47. The number of hydrogen-bond acceptors (Lipinski definition) is 3. The zero-order chi connectivity index (χ0) is 10.1. The Kier molecular flexibility index (Phi) is 3.01. The molecule has 0 N–H and O–H groups in total. The molecule has 0 saturated heterocycles. The van der Waals surface area contributed by atoms with Crippen molar-refractivity contribution in [1.29, 1.82) is 0 Å². The summed E-state index contributed by atoms with van der Waals surface area (Å²) in [6.45, 7) is 4.17. The quantitative estimate of drug-likeness (QED) is 0.711. The average Bonchev–Trinajstić information content (AvgIpc) is 2.44. The van der Waals surface area contributed by atoms with Crippen molar-refractivity contribution in [2.24, 2.45) is 0 Å². The van der Waals surface area contributed by atoms with Gasteiger partial charge in [0.25, 0.3) is 0 Å². The van der Waals surface area contributed by atoms with Crippen LogP contribution >= 0.6 is 18.9 Å². The van der Waals surface area contributed by atoms with Gasteiger partial charge >= 0.3 is 0 Å². The van der Waals surface area contributed by atoms with Crippen molar-refractivity contribution in [2.75, 3.05) is 11.7 Å². The molecule has 1 aromatic rings. The van der Waals surface area contributed by atoms with Crippen LogP contribution in [0.4, 0.5) is 5.69 Å². The lowest BCUT2D eigenvalue weighted by molar-refractivity contribution is 0.276.